The van der Waals surface area contributed by atoms with E-state index in [1.165, 1.54) is 12.8 Å². The van der Waals surface area contributed by atoms with Gasteiger partial charge in [0.15, 0.2) is 5.17 Å². The van der Waals surface area contributed by atoms with Crippen molar-refractivity contribution in [2.24, 2.45) is 16.9 Å². The van der Waals surface area contributed by atoms with E-state index in [4.69, 9.17) is 0 Å². The van der Waals surface area contributed by atoms with Crippen molar-refractivity contribution in [1.82, 2.24) is 15.6 Å². The predicted octanol–water partition coefficient (Wildman–Crippen LogP) is 3.68. The fourth-order valence-electron chi connectivity index (χ4n) is 4.57. The van der Waals surface area contributed by atoms with Gasteiger partial charge in [-0.3, -0.25) is 14.4 Å². The second kappa shape index (κ2) is 13.8. The smallest absolute Gasteiger partial charge is 0.309 e. The first-order valence-electron chi connectivity index (χ1n) is 12.1. The zero-order valence-electron chi connectivity index (χ0n) is 19.5. The summed E-state index contributed by atoms with van der Waals surface area (Å²) in [6, 6.07) is -0.736. The molecule has 3 rings (SSSR count). The minimum atomic E-state index is -0.736. The highest BCUT2D eigenvalue weighted by Crippen LogP contribution is 2.28. The molecule has 1 atom stereocenters. The van der Waals surface area contributed by atoms with E-state index in [1.54, 1.807) is 11.8 Å². The van der Waals surface area contributed by atoms with Crippen LogP contribution in [0.15, 0.2) is 5.10 Å². The molecule has 31 heavy (non-hydrogen) atoms. The fraction of sp³-hybridized carbons (Fsp3) is 0.826. The Balaban J connectivity index is 0.00000166. The Morgan fingerprint density at radius 3 is 2.13 bits per heavy atom. The summed E-state index contributed by atoms with van der Waals surface area (Å²) >= 11 is 1.55. The second-order valence-electron chi connectivity index (χ2n) is 8.54. The van der Waals surface area contributed by atoms with Gasteiger partial charge < -0.3 is 10.2 Å². The molecule has 1 saturated heterocycles. The van der Waals surface area contributed by atoms with Crippen LogP contribution in [0.5, 0.6) is 0 Å². The number of amidine groups is 1. The number of ketones is 1. The number of thioether (sulfide) groups is 1. The zero-order valence-corrected chi connectivity index (χ0v) is 20.3. The van der Waals surface area contributed by atoms with Crippen molar-refractivity contribution in [3.63, 3.8) is 0 Å². The van der Waals surface area contributed by atoms with Gasteiger partial charge in [-0.1, -0.05) is 70.6 Å². The van der Waals surface area contributed by atoms with Crippen LogP contribution in [0.3, 0.4) is 0 Å². The van der Waals surface area contributed by atoms with E-state index < -0.39 is 17.7 Å². The van der Waals surface area contributed by atoms with Crippen LogP contribution in [0.2, 0.25) is 0 Å². The van der Waals surface area contributed by atoms with Gasteiger partial charge in [0.2, 0.25) is 11.7 Å². The van der Waals surface area contributed by atoms with E-state index in [1.807, 2.05) is 25.8 Å². The first kappa shape index (κ1) is 25.7. The van der Waals surface area contributed by atoms with Gasteiger partial charge in [0.25, 0.3) is 0 Å². The molecule has 2 amide bonds. The van der Waals surface area contributed by atoms with Crippen molar-refractivity contribution in [3.8, 4) is 0 Å². The summed E-state index contributed by atoms with van der Waals surface area (Å²) in [6.07, 6.45) is 11.2. The van der Waals surface area contributed by atoms with E-state index in [0.29, 0.717) is 5.17 Å². The van der Waals surface area contributed by atoms with Crippen LogP contribution in [0.25, 0.3) is 0 Å². The summed E-state index contributed by atoms with van der Waals surface area (Å²) in [4.78, 5) is 40.4. The van der Waals surface area contributed by atoms with Crippen molar-refractivity contribution >= 4 is 34.5 Å². The molecular formula is C23H40N4O3S. The highest BCUT2D eigenvalue weighted by Gasteiger charge is 2.36. The largest absolute Gasteiger partial charge is 0.352 e. The van der Waals surface area contributed by atoms with Crippen LogP contribution >= 0.6 is 11.8 Å². The number of hydrogen-bond acceptors (Lipinski definition) is 5. The molecule has 0 bridgehead atoms. The van der Waals surface area contributed by atoms with Crippen molar-refractivity contribution in [1.29, 1.82) is 0 Å². The normalized spacial score (nSPS) is 22.8. The minimum absolute atomic E-state index is 0.0351. The molecule has 3 fully saturated rings. The Morgan fingerprint density at radius 2 is 1.55 bits per heavy atom. The highest BCUT2D eigenvalue weighted by molar-refractivity contribution is 8.14. The lowest BCUT2D eigenvalue weighted by atomic mass is 9.81. The first-order chi connectivity index (χ1) is 15.1. The molecular weight excluding hydrogens is 412 g/mol. The van der Waals surface area contributed by atoms with E-state index in [2.05, 4.69) is 15.8 Å². The van der Waals surface area contributed by atoms with Crippen molar-refractivity contribution in [3.05, 3.63) is 0 Å². The lowest BCUT2D eigenvalue weighted by molar-refractivity contribution is -0.141. The number of nitrogens with zero attached hydrogens (tertiary/aromatic N) is 2. The molecule has 2 aliphatic carbocycles. The molecule has 7 nitrogen and oxygen atoms in total. The molecule has 3 aliphatic rings. The van der Waals surface area contributed by atoms with Crippen LogP contribution < -0.4 is 10.7 Å². The summed E-state index contributed by atoms with van der Waals surface area (Å²) in [6.45, 7) is 4.87. The van der Waals surface area contributed by atoms with Crippen molar-refractivity contribution in [2.75, 3.05) is 19.3 Å². The summed E-state index contributed by atoms with van der Waals surface area (Å²) in [5.74, 6) is -0.428. The van der Waals surface area contributed by atoms with E-state index in [0.717, 1.165) is 70.1 Å². The molecule has 2 N–H and O–H groups in total. The summed E-state index contributed by atoms with van der Waals surface area (Å²) < 4.78 is 0. The Morgan fingerprint density at radius 1 is 0.968 bits per heavy atom. The second-order valence-corrected chi connectivity index (χ2v) is 9.60. The van der Waals surface area contributed by atoms with Crippen molar-refractivity contribution < 1.29 is 14.4 Å². The van der Waals surface area contributed by atoms with Crippen LogP contribution in [-0.4, -0.2) is 53.1 Å². The number of Topliss-reactive ketones (excluding diaryl/α,β-unsaturated/α-hetero) is 1. The molecule has 2 saturated carbocycles. The van der Waals surface area contributed by atoms with Gasteiger partial charge in [-0.05, 0) is 31.6 Å². The number of carbonyl (C=O) groups excluding carboxylic acids is 3. The van der Waals surface area contributed by atoms with E-state index in [-0.39, 0.29) is 17.7 Å². The van der Waals surface area contributed by atoms with Crippen LogP contribution in [0.4, 0.5) is 0 Å². The van der Waals surface area contributed by atoms with Gasteiger partial charge in [0, 0.05) is 25.3 Å². The quantitative estimate of drug-likeness (QED) is 0.364. The Bertz CT molecular complexity index is 626. The third-order valence-electron chi connectivity index (χ3n) is 6.39. The van der Waals surface area contributed by atoms with Gasteiger partial charge in [0.1, 0.15) is 6.04 Å². The molecule has 176 valence electrons. The van der Waals surface area contributed by atoms with Crippen molar-refractivity contribution in [2.45, 2.75) is 90.5 Å². The maximum absolute atomic E-state index is 13.0. The standard InChI is InChI=1S/C21H34N4O3S.C2H6/c1-25-13-14-29-21(25)24-23-20(28)18(26)17(15-9-7-4-8-10-15)22-19(27)16-11-5-2-3-6-12-16;1-2/h15-17H,2-14H2,1H3,(H,22,27)(H,23,28);1-2H3/b24-21+;. The molecule has 8 heteroatoms. The summed E-state index contributed by atoms with van der Waals surface area (Å²) in [5.41, 5.74) is 2.42. The Kier molecular flexibility index (Phi) is 11.4. The van der Waals surface area contributed by atoms with E-state index >= 15 is 0 Å². The molecule has 1 heterocycles. The first-order valence-corrected chi connectivity index (χ1v) is 13.1. The monoisotopic (exact) mass is 452 g/mol. The van der Waals surface area contributed by atoms with E-state index in [9.17, 15) is 14.4 Å². The highest BCUT2D eigenvalue weighted by atomic mass is 32.2. The lowest BCUT2D eigenvalue weighted by Gasteiger charge is -2.30. The molecule has 1 aliphatic heterocycles. The van der Waals surface area contributed by atoms with Gasteiger partial charge in [-0.2, -0.15) is 0 Å². The molecule has 0 spiro atoms. The maximum Gasteiger partial charge on any atom is 0.309 e. The number of hydrogen-bond donors (Lipinski definition) is 2. The predicted molar refractivity (Wildman–Crippen MR) is 127 cm³/mol. The zero-order chi connectivity index (χ0) is 22.6. The molecule has 1 unspecified atom stereocenters. The van der Waals surface area contributed by atoms with Crippen LogP contribution in [0.1, 0.15) is 84.5 Å². The average molecular weight is 453 g/mol. The number of nitrogens with one attached hydrogen (secondary N) is 2. The Labute approximate surface area is 191 Å². The van der Waals surface area contributed by atoms with Gasteiger partial charge in [-0.15, -0.1) is 5.10 Å². The molecule has 0 aromatic heterocycles. The summed E-state index contributed by atoms with van der Waals surface area (Å²) in [5, 5.41) is 7.81. The number of carbonyl (C=O) groups is 3. The SMILES string of the molecule is CC.CN1CCS/C1=N/NC(=O)C(=O)C(NC(=O)C1CCCCCC1)C1CCCCC1. The minimum Gasteiger partial charge on any atom is -0.352 e. The third-order valence-corrected chi connectivity index (χ3v) is 7.44. The maximum atomic E-state index is 13.0. The van der Waals surface area contributed by atoms with Crippen LogP contribution in [0, 0.1) is 11.8 Å². The topological polar surface area (TPSA) is 90.9 Å². The summed E-state index contributed by atoms with van der Waals surface area (Å²) in [7, 11) is 1.91. The van der Waals surface area contributed by atoms with Gasteiger partial charge in [0.05, 0.1) is 0 Å². The number of amides is 2. The van der Waals surface area contributed by atoms with Crippen LogP contribution in [-0.2, 0) is 14.4 Å². The average Bonchev–Trinajstić information content (AvgIpc) is 3.04. The third kappa shape index (κ3) is 7.81. The molecule has 0 aromatic carbocycles. The molecule has 0 radical (unpaired) electrons. The lowest BCUT2D eigenvalue weighted by Crippen LogP contribution is -2.52. The number of rotatable bonds is 6. The number of hydrazone groups is 1. The van der Waals surface area contributed by atoms with Gasteiger partial charge in [-0.25, -0.2) is 5.43 Å². The Hall–Kier alpha value is -1.57. The fourth-order valence-corrected chi connectivity index (χ4v) is 5.54. The van der Waals surface area contributed by atoms with Gasteiger partial charge >= 0.3 is 5.91 Å². The molecule has 0 aromatic rings.